The van der Waals surface area contributed by atoms with E-state index in [1.54, 1.807) is 0 Å². The fourth-order valence-electron chi connectivity index (χ4n) is 8.88. The van der Waals surface area contributed by atoms with Gasteiger partial charge in [-0.1, -0.05) is 172 Å². The van der Waals surface area contributed by atoms with Crippen LogP contribution in [0.25, 0.3) is 0 Å². The topological polar surface area (TPSA) is 231 Å². The van der Waals surface area contributed by atoms with Crippen LogP contribution >= 0.6 is 0 Å². The second-order valence-electron chi connectivity index (χ2n) is 20.1. The highest BCUT2D eigenvalue weighted by Crippen LogP contribution is 2.27. The fraction of sp³-hybridized carbons (Fsp3) is 0.860. The number of allylic oxidation sites excluding steroid dienone is 6. The molecule has 7 N–H and O–H groups in total. The third-order valence-electron chi connectivity index (χ3n) is 13.6. The van der Waals surface area contributed by atoms with E-state index in [4.69, 9.17) is 28.4 Å². The van der Waals surface area contributed by atoms with E-state index >= 15 is 0 Å². The Balaban J connectivity index is 1.75. The molecule has 0 aliphatic carbocycles. The Morgan fingerprint density at radius 2 is 0.819 bits per heavy atom. The van der Waals surface area contributed by atoms with E-state index in [0.717, 1.165) is 44.9 Å². The molecule has 2 fully saturated rings. The third-order valence-corrected chi connectivity index (χ3v) is 13.6. The van der Waals surface area contributed by atoms with Gasteiger partial charge in [-0.3, -0.25) is 9.59 Å². The molecule has 0 aromatic rings. The van der Waals surface area contributed by atoms with Crippen molar-refractivity contribution < 1.29 is 73.8 Å². The maximum Gasteiger partial charge on any atom is 0.306 e. The van der Waals surface area contributed by atoms with Crippen molar-refractivity contribution in [3.8, 4) is 0 Å². The van der Waals surface area contributed by atoms with Crippen molar-refractivity contribution >= 4 is 11.9 Å². The Kier molecular flexibility index (Phi) is 40.1. The maximum atomic E-state index is 13.0. The summed E-state index contributed by atoms with van der Waals surface area (Å²) in [5, 5.41) is 72.2. The van der Waals surface area contributed by atoms with E-state index in [-0.39, 0.29) is 19.4 Å². The second-order valence-corrected chi connectivity index (χ2v) is 20.1. The first-order valence-corrected chi connectivity index (χ1v) is 28.6. The van der Waals surface area contributed by atoms with Crippen LogP contribution in [0.2, 0.25) is 0 Å². The third kappa shape index (κ3) is 30.9. The number of ether oxygens (including phenoxy) is 6. The molecule has 0 radical (unpaired) electrons. The summed E-state index contributed by atoms with van der Waals surface area (Å²) in [6, 6.07) is 0. The van der Waals surface area contributed by atoms with Gasteiger partial charge in [-0.2, -0.15) is 0 Å². The van der Waals surface area contributed by atoms with E-state index < -0.39 is 99.3 Å². The molecule has 0 aromatic carbocycles. The number of aliphatic hydroxyl groups excluding tert-OH is 7. The van der Waals surface area contributed by atoms with Crippen LogP contribution in [-0.4, -0.2) is 142 Å². The Hall–Kier alpha value is -2.28. The Labute approximate surface area is 434 Å². The van der Waals surface area contributed by atoms with Gasteiger partial charge in [0, 0.05) is 12.8 Å². The predicted octanol–water partition coefficient (Wildman–Crippen LogP) is 9.27. The molecule has 2 saturated heterocycles. The molecule has 0 bridgehead atoms. The lowest BCUT2D eigenvalue weighted by Crippen LogP contribution is -2.61. The van der Waals surface area contributed by atoms with Crippen LogP contribution < -0.4 is 0 Å². The average Bonchev–Trinajstić information content (AvgIpc) is 3.37. The van der Waals surface area contributed by atoms with Gasteiger partial charge in [-0.25, -0.2) is 0 Å². The van der Waals surface area contributed by atoms with Gasteiger partial charge in [0.15, 0.2) is 18.7 Å². The molecule has 0 aromatic heterocycles. The Bertz CT molecular complexity index is 1390. The number of hydrogen-bond acceptors (Lipinski definition) is 15. The van der Waals surface area contributed by atoms with Crippen molar-refractivity contribution in [2.24, 2.45) is 0 Å². The van der Waals surface area contributed by atoms with Gasteiger partial charge < -0.3 is 64.2 Å². The maximum absolute atomic E-state index is 13.0. The largest absolute Gasteiger partial charge is 0.462 e. The second kappa shape index (κ2) is 43.9. The van der Waals surface area contributed by atoms with Crippen LogP contribution in [0.1, 0.15) is 219 Å². The number of aliphatic hydroxyl groups is 7. The molecule has 72 heavy (non-hydrogen) atoms. The van der Waals surface area contributed by atoms with Crippen molar-refractivity contribution in [3.63, 3.8) is 0 Å². The molecule has 0 amide bonds. The highest BCUT2D eigenvalue weighted by molar-refractivity contribution is 5.70. The first kappa shape index (κ1) is 65.8. The van der Waals surface area contributed by atoms with Crippen molar-refractivity contribution in [3.05, 3.63) is 36.5 Å². The first-order valence-electron chi connectivity index (χ1n) is 28.6. The summed E-state index contributed by atoms with van der Waals surface area (Å²) in [6.07, 6.45) is 31.9. The summed E-state index contributed by atoms with van der Waals surface area (Å²) in [4.78, 5) is 25.8. The molecular weight excluding hydrogens is 925 g/mol. The molecule has 420 valence electrons. The van der Waals surface area contributed by atoms with E-state index in [0.29, 0.717) is 19.3 Å². The Morgan fingerprint density at radius 3 is 1.31 bits per heavy atom. The van der Waals surface area contributed by atoms with Gasteiger partial charge in [0.1, 0.15) is 55.4 Å². The monoisotopic (exact) mass is 1030 g/mol. The minimum atomic E-state index is -1.77. The lowest BCUT2D eigenvalue weighted by Gasteiger charge is -2.42. The van der Waals surface area contributed by atoms with Gasteiger partial charge in [0.05, 0.1) is 19.8 Å². The summed E-state index contributed by atoms with van der Waals surface area (Å²) < 4.78 is 33.6. The predicted molar refractivity (Wildman–Crippen MR) is 280 cm³/mol. The molecular formula is C57H102O15. The molecule has 4 unspecified atom stereocenters. The van der Waals surface area contributed by atoms with Gasteiger partial charge in [-0.05, 0) is 70.6 Å². The molecule has 0 saturated carbocycles. The summed E-state index contributed by atoms with van der Waals surface area (Å²) in [6.45, 7) is 2.55. The lowest BCUT2D eigenvalue weighted by atomic mass is 9.98. The highest BCUT2D eigenvalue weighted by atomic mass is 16.7. The average molecular weight is 1030 g/mol. The minimum Gasteiger partial charge on any atom is -0.462 e. The standard InChI is InChI=1S/C57H102O15/c1-3-5-7-9-11-13-15-17-18-19-20-21-22-23-24-25-26-28-29-31-33-35-37-39-48(59)67-42-45(70-49(60)40-38-36-34-32-30-27-16-14-12-10-8-6-4-2)43-68-56-55(66)53(64)51(62)47(72-56)44-69-57-54(65)52(63)50(61)46(41-58)71-57/h25-27,30-31,33,45-47,50-58,61-66H,3-24,28-29,32,34-44H2,1-2H3/b26-25+,30-27+,33-31+/t45-,46+,47+,50-,51-,52?,53?,54?,55?,56+,57+/m0/s1. The zero-order valence-electron chi connectivity index (χ0n) is 44.7. The molecule has 0 spiro atoms. The number of unbranched alkanes of at least 4 members (excludes halogenated alkanes) is 25. The van der Waals surface area contributed by atoms with Gasteiger partial charge in [-0.15, -0.1) is 0 Å². The molecule has 2 aliphatic heterocycles. The number of carbonyl (C=O) groups is 2. The molecule has 11 atom stereocenters. The number of esters is 2. The highest BCUT2D eigenvalue weighted by Gasteiger charge is 2.47. The normalized spacial score (nSPS) is 25.2. The van der Waals surface area contributed by atoms with Gasteiger partial charge in [0.25, 0.3) is 0 Å². The van der Waals surface area contributed by atoms with Crippen molar-refractivity contribution in [2.45, 2.75) is 287 Å². The van der Waals surface area contributed by atoms with E-state index in [2.05, 4.69) is 50.3 Å². The summed E-state index contributed by atoms with van der Waals surface area (Å²) >= 11 is 0. The lowest BCUT2D eigenvalue weighted by molar-refractivity contribution is -0.332. The molecule has 2 rings (SSSR count). The minimum absolute atomic E-state index is 0.137. The van der Waals surface area contributed by atoms with Crippen molar-refractivity contribution in [1.82, 2.24) is 0 Å². The van der Waals surface area contributed by atoms with E-state index in [9.17, 15) is 45.3 Å². The summed E-state index contributed by atoms with van der Waals surface area (Å²) in [7, 11) is 0. The quantitative estimate of drug-likeness (QED) is 0.0171. The van der Waals surface area contributed by atoms with Crippen LogP contribution in [0.5, 0.6) is 0 Å². The smallest absolute Gasteiger partial charge is 0.306 e. The van der Waals surface area contributed by atoms with E-state index in [1.165, 1.54) is 128 Å². The first-order chi connectivity index (χ1) is 35.0. The summed E-state index contributed by atoms with van der Waals surface area (Å²) in [5.41, 5.74) is 0. The van der Waals surface area contributed by atoms with Crippen LogP contribution in [0, 0.1) is 0 Å². The van der Waals surface area contributed by atoms with Gasteiger partial charge in [0.2, 0.25) is 0 Å². The van der Waals surface area contributed by atoms with Crippen LogP contribution in [0.15, 0.2) is 36.5 Å². The Morgan fingerprint density at radius 1 is 0.431 bits per heavy atom. The molecule has 15 heteroatoms. The summed E-state index contributed by atoms with van der Waals surface area (Å²) in [5.74, 6) is -0.988. The zero-order valence-corrected chi connectivity index (χ0v) is 44.7. The fourth-order valence-corrected chi connectivity index (χ4v) is 8.88. The SMILES string of the molecule is CCCCCCCC/C=C/CCCCCC(=O)O[C@@H](COC(=O)CCC/C=C/CC/C=C/CCCCCCCCCCCCCCCC)CO[C@@H]1O[C@H](CO[C@@H]2O[C@H](CO)[C@H](O)C(O)C2O)[C@H](O)C(O)C1O. The zero-order chi connectivity index (χ0) is 52.4. The van der Waals surface area contributed by atoms with Crippen LogP contribution in [0.4, 0.5) is 0 Å². The number of rotatable bonds is 45. The van der Waals surface area contributed by atoms with Crippen LogP contribution in [0.3, 0.4) is 0 Å². The van der Waals surface area contributed by atoms with Crippen LogP contribution in [-0.2, 0) is 38.0 Å². The number of hydrogen-bond donors (Lipinski definition) is 7. The van der Waals surface area contributed by atoms with Gasteiger partial charge >= 0.3 is 11.9 Å². The van der Waals surface area contributed by atoms with Crippen molar-refractivity contribution in [1.29, 1.82) is 0 Å². The molecule has 2 aliphatic rings. The molecule has 15 nitrogen and oxygen atoms in total. The van der Waals surface area contributed by atoms with Crippen molar-refractivity contribution in [2.75, 3.05) is 26.4 Å². The van der Waals surface area contributed by atoms with E-state index in [1.807, 2.05) is 0 Å². The molecule has 2 heterocycles. The number of carbonyl (C=O) groups excluding carboxylic acids is 2.